The van der Waals surface area contributed by atoms with Crippen LogP contribution in [0.4, 0.5) is 0 Å². The van der Waals surface area contributed by atoms with Crippen molar-refractivity contribution in [3.8, 4) is 0 Å². The van der Waals surface area contributed by atoms with Crippen LogP contribution in [-0.2, 0) is 0 Å². The van der Waals surface area contributed by atoms with Gasteiger partial charge in [-0.05, 0) is 12.8 Å². The Balaban J connectivity index is 2.07. The zero-order valence-corrected chi connectivity index (χ0v) is 8.96. The van der Waals surface area contributed by atoms with Gasteiger partial charge in [0.1, 0.15) is 0 Å². The molecule has 2 saturated heterocycles. The van der Waals surface area contributed by atoms with Crippen molar-refractivity contribution < 1.29 is 0 Å². The van der Waals surface area contributed by atoms with Gasteiger partial charge >= 0.3 is 0 Å². The summed E-state index contributed by atoms with van der Waals surface area (Å²) >= 11 is 2.17. The van der Waals surface area contributed by atoms with E-state index in [0.717, 1.165) is 5.92 Å². The molecule has 2 heterocycles. The first kappa shape index (κ1) is 7.69. The largest absolute Gasteiger partial charge is 0.120 e. The molecule has 0 aliphatic carbocycles. The second-order valence-corrected chi connectivity index (χ2v) is 8.17. The Morgan fingerprint density at radius 1 is 1.40 bits per heavy atom. The van der Waals surface area contributed by atoms with Crippen LogP contribution in [0.5, 0.6) is 0 Å². The summed E-state index contributed by atoms with van der Waals surface area (Å²) in [5, 5.41) is 0. The highest BCUT2D eigenvalue weighted by Crippen LogP contribution is 2.90. The van der Waals surface area contributed by atoms with Crippen molar-refractivity contribution in [1.29, 1.82) is 0 Å². The van der Waals surface area contributed by atoms with Crippen LogP contribution < -0.4 is 0 Å². The lowest BCUT2D eigenvalue weighted by Crippen LogP contribution is -2.30. The Labute approximate surface area is 74.7 Å². The summed E-state index contributed by atoms with van der Waals surface area (Å²) in [7, 11) is 4.15. The van der Waals surface area contributed by atoms with Gasteiger partial charge in [-0.1, -0.05) is 41.9 Å². The van der Waals surface area contributed by atoms with Crippen LogP contribution >= 0.6 is 33.3 Å². The topological polar surface area (TPSA) is 0 Å². The summed E-state index contributed by atoms with van der Waals surface area (Å²) in [5.41, 5.74) is 0. The minimum Gasteiger partial charge on any atom is -0.120 e. The lowest BCUT2D eigenvalue weighted by atomic mass is 10.0. The summed E-state index contributed by atoms with van der Waals surface area (Å²) < 4.78 is 1.24. The van der Waals surface area contributed by atoms with Crippen molar-refractivity contribution in [2.45, 2.75) is 35.4 Å². The first-order valence-corrected chi connectivity index (χ1v) is 6.68. The second kappa shape index (κ2) is 2.05. The maximum atomic E-state index is 2.38. The van der Waals surface area contributed by atoms with Gasteiger partial charge in [0.05, 0.1) is 8.16 Å². The average molecular weight is 192 g/mol. The molecule has 1 unspecified atom stereocenters. The third-order valence-electron chi connectivity index (χ3n) is 2.52. The van der Waals surface area contributed by atoms with Crippen LogP contribution in [0.2, 0.25) is 0 Å². The molecule has 0 nitrogen and oxygen atoms in total. The van der Waals surface area contributed by atoms with E-state index in [-0.39, 0.29) is 0 Å². The first-order chi connectivity index (χ1) is 4.65. The second-order valence-electron chi connectivity index (χ2n) is 3.19. The highest BCUT2D eigenvalue weighted by Gasteiger charge is 2.77. The van der Waals surface area contributed by atoms with Gasteiger partial charge in [0, 0.05) is 0 Å². The number of fused-ring (bicyclic) bond motifs is 1. The van der Waals surface area contributed by atoms with Crippen molar-refractivity contribution in [2.75, 3.05) is 0 Å². The SMILES string of the molecule is CCC(C)[C@@]12SS[C@]1(C)S2. The molecule has 10 heavy (non-hydrogen) atoms. The fourth-order valence-corrected chi connectivity index (χ4v) is 8.65. The zero-order valence-electron chi connectivity index (χ0n) is 6.51. The van der Waals surface area contributed by atoms with Crippen molar-refractivity contribution in [2.24, 2.45) is 5.92 Å². The van der Waals surface area contributed by atoms with Gasteiger partial charge in [0.2, 0.25) is 0 Å². The van der Waals surface area contributed by atoms with E-state index in [1.54, 1.807) is 0 Å². The predicted molar refractivity (Wildman–Crippen MR) is 53.4 cm³/mol. The molecule has 0 aromatic heterocycles. The number of hydrogen-bond acceptors (Lipinski definition) is 3. The van der Waals surface area contributed by atoms with E-state index in [1.165, 1.54) is 6.42 Å². The maximum absolute atomic E-state index is 2.38. The van der Waals surface area contributed by atoms with E-state index in [1.807, 2.05) is 0 Å². The zero-order chi connectivity index (χ0) is 7.41. The molecule has 0 bridgehead atoms. The molecule has 0 amide bonds. The minimum atomic E-state index is 0.604. The van der Waals surface area contributed by atoms with Crippen LogP contribution in [0.1, 0.15) is 27.2 Å². The van der Waals surface area contributed by atoms with Crippen molar-refractivity contribution in [3.63, 3.8) is 0 Å². The standard InChI is InChI=1S/C7H12S3/c1-4-5(2)7-6(3,8-7)9-10-7/h5H,4H2,1-3H3/t5?,6-,7+/m0/s1. The Bertz CT molecular complexity index is 170. The van der Waals surface area contributed by atoms with Gasteiger partial charge in [0.15, 0.2) is 0 Å². The average Bonchev–Trinajstić information content (AvgIpc) is 2.34. The summed E-state index contributed by atoms with van der Waals surface area (Å²) in [6.07, 6.45) is 1.33. The first-order valence-electron chi connectivity index (χ1n) is 3.71. The molecule has 2 aliphatic heterocycles. The third kappa shape index (κ3) is 0.695. The summed E-state index contributed by atoms with van der Waals surface area (Å²) in [4.78, 5) is 0. The molecule has 0 aromatic rings. The smallest absolute Gasteiger partial charge is 0.0997 e. The van der Waals surface area contributed by atoms with Crippen LogP contribution in [0.3, 0.4) is 0 Å². The molecular formula is C7H12S3. The highest BCUT2D eigenvalue weighted by atomic mass is 33.1. The molecule has 0 N–H and O–H groups in total. The van der Waals surface area contributed by atoms with Crippen molar-refractivity contribution in [3.05, 3.63) is 0 Å². The lowest BCUT2D eigenvalue weighted by Gasteiger charge is -2.32. The molecule has 0 aromatic carbocycles. The molecule has 0 saturated carbocycles. The summed E-state index contributed by atoms with van der Waals surface area (Å²) in [6.45, 7) is 7.05. The van der Waals surface area contributed by atoms with Gasteiger partial charge in [-0.3, -0.25) is 0 Å². The normalized spacial score (nSPS) is 53.1. The van der Waals surface area contributed by atoms with Crippen LogP contribution in [0, 0.1) is 5.92 Å². The fraction of sp³-hybridized carbons (Fsp3) is 1.00. The van der Waals surface area contributed by atoms with Gasteiger partial charge in [0.25, 0.3) is 0 Å². The summed E-state index contributed by atoms with van der Waals surface area (Å²) in [6, 6.07) is 0. The molecule has 0 spiro atoms. The van der Waals surface area contributed by atoms with Gasteiger partial charge in [-0.25, -0.2) is 0 Å². The molecule has 3 atom stereocenters. The van der Waals surface area contributed by atoms with Gasteiger partial charge in [-0.15, -0.1) is 11.8 Å². The quantitative estimate of drug-likeness (QED) is 0.485. The van der Waals surface area contributed by atoms with Crippen LogP contribution in [-0.4, -0.2) is 8.16 Å². The molecule has 2 rings (SSSR count). The number of rotatable bonds is 2. The van der Waals surface area contributed by atoms with E-state index >= 15 is 0 Å². The van der Waals surface area contributed by atoms with Crippen LogP contribution in [0.25, 0.3) is 0 Å². The van der Waals surface area contributed by atoms with Crippen molar-refractivity contribution in [1.82, 2.24) is 0 Å². The Kier molecular flexibility index (Phi) is 1.57. The molecule has 2 fully saturated rings. The molecule has 58 valence electrons. The Morgan fingerprint density at radius 3 is 2.20 bits per heavy atom. The third-order valence-corrected chi connectivity index (χ3v) is 9.99. The van der Waals surface area contributed by atoms with E-state index in [4.69, 9.17) is 0 Å². The van der Waals surface area contributed by atoms with E-state index < -0.39 is 0 Å². The minimum absolute atomic E-state index is 0.604. The van der Waals surface area contributed by atoms with Gasteiger partial charge < -0.3 is 0 Å². The molecule has 3 heteroatoms. The number of thioether (sulfide) groups is 1. The highest BCUT2D eigenvalue weighted by molar-refractivity contribution is 8.88. The molecular weight excluding hydrogens is 180 g/mol. The van der Waals surface area contributed by atoms with E-state index in [2.05, 4.69) is 54.1 Å². The van der Waals surface area contributed by atoms with Crippen molar-refractivity contribution >= 4 is 33.3 Å². The van der Waals surface area contributed by atoms with Gasteiger partial charge in [-0.2, -0.15) is 0 Å². The number of hydrogen-bond donors (Lipinski definition) is 0. The lowest BCUT2D eigenvalue weighted by molar-refractivity contribution is 0.524. The Hall–Kier alpha value is 1.05. The molecule has 2 aliphatic rings. The van der Waals surface area contributed by atoms with E-state index in [0.29, 0.717) is 8.16 Å². The predicted octanol–water partition coefficient (Wildman–Crippen LogP) is 3.59. The Morgan fingerprint density at radius 2 is 2.10 bits per heavy atom. The summed E-state index contributed by atoms with van der Waals surface area (Å²) in [5.74, 6) is 0.897. The van der Waals surface area contributed by atoms with Crippen LogP contribution in [0.15, 0.2) is 0 Å². The maximum Gasteiger partial charge on any atom is 0.0997 e. The van der Waals surface area contributed by atoms with E-state index in [9.17, 15) is 0 Å². The fourth-order valence-electron chi connectivity index (χ4n) is 1.44. The monoisotopic (exact) mass is 192 g/mol. The molecule has 0 radical (unpaired) electrons.